The normalized spacial score (nSPS) is 14.0. The zero-order chi connectivity index (χ0) is 20.5. The lowest BCUT2D eigenvalue weighted by atomic mass is 10.1. The number of aromatic nitrogens is 1. The van der Waals surface area contributed by atoms with Gasteiger partial charge in [-0.05, 0) is 42.2 Å². The van der Waals surface area contributed by atoms with Gasteiger partial charge in [0.2, 0.25) is 5.91 Å². The number of nitrogens with one attached hydrogen (secondary N) is 1. The van der Waals surface area contributed by atoms with Crippen LogP contribution in [0.25, 0.3) is 10.9 Å². The molecule has 0 saturated carbocycles. The minimum Gasteiger partial charge on any atom is -0.347 e. The van der Waals surface area contributed by atoms with Gasteiger partial charge in [-0.1, -0.05) is 31.2 Å². The van der Waals surface area contributed by atoms with E-state index >= 15 is 0 Å². The number of aryl methyl sites for hydroxylation is 2. The van der Waals surface area contributed by atoms with Crippen LogP contribution in [0.1, 0.15) is 41.4 Å². The maximum absolute atomic E-state index is 14.0. The van der Waals surface area contributed by atoms with E-state index in [1.165, 1.54) is 17.7 Å². The first kappa shape index (κ1) is 19.2. The summed E-state index contributed by atoms with van der Waals surface area (Å²) in [5.74, 6) is -0.705. The van der Waals surface area contributed by atoms with Crippen LogP contribution < -0.4 is 10.2 Å². The number of anilines is 1. The number of benzene rings is 2. The van der Waals surface area contributed by atoms with E-state index in [4.69, 9.17) is 0 Å². The average molecular weight is 393 g/mol. The molecular weight excluding hydrogens is 369 g/mol. The van der Waals surface area contributed by atoms with Crippen molar-refractivity contribution in [3.05, 3.63) is 65.1 Å². The highest BCUT2D eigenvalue weighted by Crippen LogP contribution is 2.36. The van der Waals surface area contributed by atoms with Gasteiger partial charge in [0.25, 0.3) is 5.91 Å². The summed E-state index contributed by atoms with van der Waals surface area (Å²) in [6.07, 6.45) is 2.14. The summed E-state index contributed by atoms with van der Waals surface area (Å²) >= 11 is 0. The fourth-order valence-electron chi connectivity index (χ4n) is 3.97. The first-order valence-corrected chi connectivity index (χ1v) is 9.94. The monoisotopic (exact) mass is 393 g/mol. The molecule has 0 atom stereocenters. The van der Waals surface area contributed by atoms with Crippen LogP contribution >= 0.6 is 0 Å². The summed E-state index contributed by atoms with van der Waals surface area (Å²) in [5.41, 5.74) is 3.85. The Morgan fingerprint density at radius 2 is 1.86 bits per heavy atom. The van der Waals surface area contributed by atoms with Crippen LogP contribution in [0.4, 0.5) is 10.1 Å². The zero-order valence-electron chi connectivity index (χ0n) is 16.7. The molecule has 1 aromatic heterocycles. The van der Waals surface area contributed by atoms with Crippen molar-refractivity contribution in [2.24, 2.45) is 7.05 Å². The Balaban J connectivity index is 1.70. The van der Waals surface area contributed by atoms with Gasteiger partial charge in [-0.3, -0.25) is 9.59 Å². The molecule has 0 radical (unpaired) electrons. The second-order valence-corrected chi connectivity index (χ2v) is 7.42. The molecule has 2 aromatic carbocycles. The summed E-state index contributed by atoms with van der Waals surface area (Å²) < 4.78 is 15.7. The van der Waals surface area contributed by atoms with Crippen LogP contribution in [0.3, 0.4) is 0 Å². The fourth-order valence-corrected chi connectivity index (χ4v) is 3.97. The van der Waals surface area contributed by atoms with Gasteiger partial charge in [-0.2, -0.15) is 0 Å². The quantitative estimate of drug-likeness (QED) is 0.714. The van der Waals surface area contributed by atoms with Crippen molar-refractivity contribution in [3.63, 3.8) is 0 Å². The number of rotatable bonds is 5. The number of fused-ring (bicyclic) bond motifs is 1. The lowest BCUT2D eigenvalue weighted by Gasteiger charge is -2.18. The Labute approximate surface area is 169 Å². The maximum atomic E-state index is 14.0. The largest absolute Gasteiger partial charge is 0.347 e. The van der Waals surface area contributed by atoms with Gasteiger partial charge in [0.15, 0.2) is 0 Å². The van der Waals surface area contributed by atoms with E-state index in [0.29, 0.717) is 36.3 Å². The lowest BCUT2D eigenvalue weighted by Crippen LogP contribution is -2.30. The number of hydrogen-bond donors (Lipinski definition) is 1. The van der Waals surface area contributed by atoms with Crippen molar-refractivity contribution in [2.45, 2.75) is 32.7 Å². The predicted octanol–water partition coefficient (Wildman–Crippen LogP) is 3.94. The van der Waals surface area contributed by atoms with Crippen LogP contribution in [-0.2, 0) is 24.8 Å². The molecule has 1 N–H and O–H groups in total. The standard InChI is InChI=1S/C23H24FN3O2/c1-3-15-6-8-16(9-7-15)14-25-23(29)22-21(27-12-4-5-20(27)28)18-13-17(24)10-11-19(18)26(22)2/h6-11,13H,3-5,12,14H2,1-2H3,(H,25,29). The third-order valence-electron chi connectivity index (χ3n) is 5.58. The van der Waals surface area contributed by atoms with Gasteiger partial charge in [0.05, 0.1) is 11.2 Å². The summed E-state index contributed by atoms with van der Waals surface area (Å²) in [6.45, 7) is 3.01. The average Bonchev–Trinajstić information content (AvgIpc) is 3.26. The van der Waals surface area contributed by atoms with E-state index in [1.807, 2.05) is 12.1 Å². The molecule has 2 heterocycles. The van der Waals surface area contributed by atoms with Crippen LogP contribution in [0.5, 0.6) is 0 Å². The zero-order valence-corrected chi connectivity index (χ0v) is 16.7. The van der Waals surface area contributed by atoms with Crippen LogP contribution in [-0.4, -0.2) is 22.9 Å². The molecule has 0 unspecified atom stereocenters. The van der Waals surface area contributed by atoms with Crippen molar-refractivity contribution >= 4 is 28.4 Å². The van der Waals surface area contributed by atoms with Gasteiger partial charge < -0.3 is 14.8 Å². The third kappa shape index (κ3) is 3.50. The Bertz CT molecular complexity index is 1090. The molecule has 0 aliphatic carbocycles. The summed E-state index contributed by atoms with van der Waals surface area (Å²) in [4.78, 5) is 27.2. The second-order valence-electron chi connectivity index (χ2n) is 7.42. The van der Waals surface area contributed by atoms with Crippen molar-refractivity contribution in [3.8, 4) is 0 Å². The second kappa shape index (κ2) is 7.70. The molecule has 1 aliphatic rings. The van der Waals surface area contributed by atoms with Crippen LogP contribution in [0, 0.1) is 5.82 Å². The Kier molecular flexibility index (Phi) is 5.09. The minimum atomic E-state index is -0.390. The highest BCUT2D eigenvalue weighted by Gasteiger charge is 2.31. The molecule has 150 valence electrons. The highest BCUT2D eigenvalue weighted by molar-refractivity contribution is 6.14. The molecule has 4 rings (SSSR count). The van der Waals surface area contributed by atoms with Crippen molar-refractivity contribution < 1.29 is 14.0 Å². The number of hydrogen-bond acceptors (Lipinski definition) is 2. The molecule has 1 fully saturated rings. The predicted molar refractivity (Wildman–Crippen MR) is 111 cm³/mol. The Morgan fingerprint density at radius 1 is 1.14 bits per heavy atom. The van der Waals surface area contributed by atoms with E-state index in [0.717, 1.165) is 23.9 Å². The number of nitrogens with zero attached hydrogens (tertiary/aromatic N) is 2. The number of carbonyl (C=O) groups is 2. The van der Waals surface area contributed by atoms with Crippen molar-refractivity contribution in [2.75, 3.05) is 11.4 Å². The van der Waals surface area contributed by atoms with E-state index in [-0.39, 0.29) is 17.6 Å². The molecule has 29 heavy (non-hydrogen) atoms. The molecule has 1 aliphatic heterocycles. The van der Waals surface area contributed by atoms with Crippen molar-refractivity contribution in [1.29, 1.82) is 0 Å². The Morgan fingerprint density at radius 3 is 2.52 bits per heavy atom. The summed E-state index contributed by atoms with van der Waals surface area (Å²) in [5, 5.41) is 3.54. The SMILES string of the molecule is CCc1ccc(CNC(=O)c2c(N3CCCC3=O)c3cc(F)ccc3n2C)cc1. The number of halogens is 1. The summed E-state index contributed by atoms with van der Waals surface area (Å²) in [6, 6.07) is 12.5. The highest BCUT2D eigenvalue weighted by atomic mass is 19.1. The third-order valence-corrected chi connectivity index (χ3v) is 5.58. The number of carbonyl (C=O) groups excluding carboxylic acids is 2. The molecule has 0 bridgehead atoms. The van der Waals surface area contributed by atoms with E-state index < -0.39 is 0 Å². The van der Waals surface area contributed by atoms with Gasteiger partial charge in [-0.15, -0.1) is 0 Å². The molecule has 3 aromatic rings. The van der Waals surface area contributed by atoms with E-state index in [9.17, 15) is 14.0 Å². The van der Waals surface area contributed by atoms with Gasteiger partial charge in [0.1, 0.15) is 11.5 Å². The molecule has 5 nitrogen and oxygen atoms in total. The van der Waals surface area contributed by atoms with E-state index in [2.05, 4.69) is 24.4 Å². The Hall–Kier alpha value is -3.15. The lowest BCUT2D eigenvalue weighted by molar-refractivity contribution is -0.117. The first-order valence-electron chi connectivity index (χ1n) is 9.94. The first-order chi connectivity index (χ1) is 14.0. The van der Waals surface area contributed by atoms with Crippen LogP contribution in [0.15, 0.2) is 42.5 Å². The topological polar surface area (TPSA) is 54.3 Å². The fraction of sp³-hybridized carbons (Fsp3) is 0.304. The molecule has 6 heteroatoms. The molecule has 1 saturated heterocycles. The number of amides is 2. The molecule has 2 amide bonds. The molecule has 0 spiro atoms. The van der Waals surface area contributed by atoms with Crippen molar-refractivity contribution in [1.82, 2.24) is 9.88 Å². The van der Waals surface area contributed by atoms with E-state index in [1.54, 1.807) is 22.6 Å². The smallest absolute Gasteiger partial charge is 0.270 e. The van der Waals surface area contributed by atoms with Gasteiger partial charge in [-0.25, -0.2) is 4.39 Å². The van der Waals surface area contributed by atoms with Gasteiger partial charge >= 0.3 is 0 Å². The minimum absolute atomic E-state index is 0.0361. The van der Waals surface area contributed by atoms with Crippen LogP contribution in [0.2, 0.25) is 0 Å². The summed E-state index contributed by atoms with van der Waals surface area (Å²) in [7, 11) is 1.77. The molecular formula is C23H24FN3O2. The maximum Gasteiger partial charge on any atom is 0.270 e. The van der Waals surface area contributed by atoms with Gasteiger partial charge in [0, 0.05) is 31.9 Å².